The van der Waals surface area contributed by atoms with Crippen LogP contribution in [0, 0.1) is 6.42 Å². The highest BCUT2D eigenvalue weighted by atomic mass is 32.2. The first-order valence-electron chi connectivity index (χ1n) is 4.73. The molecule has 0 N–H and O–H groups in total. The Kier molecular flexibility index (Phi) is 3.58. The molecule has 0 spiro atoms. The summed E-state index contributed by atoms with van der Waals surface area (Å²) >= 11 is 0. The molecule has 1 aliphatic rings. The molecular weight excluding hydrogens is 248 g/mol. The van der Waals surface area contributed by atoms with E-state index in [1.165, 1.54) is 24.4 Å². The van der Waals surface area contributed by atoms with Crippen LogP contribution in [0.3, 0.4) is 0 Å². The van der Waals surface area contributed by atoms with Gasteiger partial charge in [0.25, 0.3) is 10.1 Å². The van der Waals surface area contributed by atoms with Crippen molar-refractivity contribution < 1.29 is 22.2 Å². The minimum Gasteiger partial charge on any atom is -0.459 e. The first kappa shape index (κ1) is 13.7. The van der Waals surface area contributed by atoms with Gasteiger partial charge in [-0.2, -0.15) is 20.7 Å². The van der Waals surface area contributed by atoms with Gasteiger partial charge in [0.2, 0.25) is 0 Å². The van der Waals surface area contributed by atoms with Crippen molar-refractivity contribution in [3.8, 4) is 0 Å². The molecule has 0 atom stereocenters. The number of hydroxylamine groups is 1. The highest BCUT2D eigenvalue weighted by molar-refractivity contribution is 7.86. The van der Waals surface area contributed by atoms with Gasteiger partial charge in [-0.3, -0.25) is 8.98 Å². The molecule has 0 aromatic carbocycles. The molecule has 1 saturated heterocycles. The van der Waals surface area contributed by atoms with Crippen LogP contribution in [0.2, 0.25) is 0 Å². The summed E-state index contributed by atoms with van der Waals surface area (Å²) in [6, 6.07) is 0. The summed E-state index contributed by atoms with van der Waals surface area (Å²) < 4.78 is 26.8. The largest absolute Gasteiger partial charge is 0.459 e. The minimum atomic E-state index is -3.55. The maximum absolute atomic E-state index is 11.0. The molecule has 7 nitrogen and oxygen atoms in total. The van der Waals surface area contributed by atoms with Gasteiger partial charge in [-0.1, -0.05) is 7.05 Å². The first-order chi connectivity index (χ1) is 7.61. The standard InChI is InChI=1S/C9H14N2O5S/c1-9(2,16-17(4,13)14)6-5-7-10-15-8(12)11(7)3/h5-6H,1-4H3/q-2. The number of hydrogen-bond donors (Lipinski definition) is 0. The normalized spacial score (nSPS) is 19.2. The number of nitrogens with zero attached hydrogens (tertiary/aromatic N) is 2. The van der Waals surface area contributed by atoms with Crippen molar-refractivity contribution in [2.45, 2.75) is 19.4 Å². The fourth-order valence-corrected chi connectivity index (χ4v) is 1.97. The van der Waals surface area contributed by atoms with Crippen LogP contribution < -0.4 is 0 Å². The van der Waals surface area contributed by atoms with E-state index in [-0.39, 0.29) is 5.82 Å². The molecule has 98 valence electrons. The van der Waals surface area contributed by atoms with Crippen LogP contribution in [0.15, 0.2) is 11.9 Å². The molecule has 1 heterocycles. The van der Waals surface area contributed by atoms with E-state index in [2.05, 4.69) is 10.3 Å². The topological polar surface area (TPSA) is 87.0 Å². The fraction of sp³-hybridized carbons (Fsp3) is 0.556. The lowest BCUT2D eigenvalue weighted by atomic mass is 10.1. The Morgan fingerprint density at radius 2 is 2.12 bits per heavy atom. The Bertz CT molecular complexity index is 440. The van der Waals surface area contributed by atoms with Crippen molar-refractivity contribution in [1.82, 2.24) is 4.90 Å². The second-order valence-corrected chi connectivity index (χ2v) is 5.66. The number of carbonyl (C=O) groups is 1. The predicted octanol–water partition coefficient (Wildman–Crippen LogP) is 1.16. The third kappa shape index (κ3) is 4.16. The zero-order chi connectivity index (χ0) is 13.3. The average Bonchev–Trinajstić information content (AvgIpc) is 2.41. The predicted molar refractivity (Wildman–Crippen MR) is 60.0 cm³/mol. The minimum absolute atomic E-state index is 0.278. The van der Waals surface area contributed by atoms with Crippen molar-refractivity contribution in [2.24, 2.45) is 0 Å². The Balaban J connectivity index is 2.67. The van der Waals surface area contributed by atoms with E-state index >= 15 is 0 Å². The molecule has 17 heavy (non-hydrogen) atoms. The Morgan fingerprint density at radius 1 is 1.53 bits per heavy atom. The zero-order valence-electron chi connectivity index (χ0n) is 10.00. The van der Waals surface area contributed by atoms with E-state index in [0.29, 0.717) is 0 Å². The fourth-order valence-electron chi connectivity index (χ4n) is 1.14. The molecule has 1 amide bonds. The van der Waals surface area contributed by atoms with Crippen molar-refractivity contribution in [3.63, 3.8) is 0 Å². The van der Waals surface area contributed by atoms with Gasteiger partial charge in [0.15, 0.2) is 0 Å². The van der Waals surface area contributed by atoms with E-state index in [0.717, 1.165) is 6.26 Å². The van der Waals surface area contributed by atoms with Crippen LogP contribution in [-0.4, -0.2) is 38.3 Å². The third-order valence-corrected chi connectivity index (χ3v) is 2.57. The zero-order valence-corrected chi connectivity index (χ0v) is 10.8. The molecule has 0 aliphatic carbocycles. The summed E-state index contributed by atoms with van der Waals surface area (Å²) in [4.78, 5) is 16.6. The van der Waals surface area contributed by atoms with Crippen LogP contribution in [0.1, 0.15) is 13.8 Å². The smallest absolute Gasteiger partial charge is 0.320 e. The molecule has 0 saturated carbocycles. The lowest BCUT2D eigenvalue weighted by Crippen LogP contribution is -2.28. The van der Waals surface area contributed by atoms with Crippen LogP contribution in [0.25, 0.3) is 5.48 Å². The van der Waals surface area contributed by atoms with Crippen molar-refractivity contribution in [1.29, 1.82) is 0 Å². The summed E-state index contributed by atoms with van der Waals surface area (Å²) in [7, 11) is -2.07. The van der Waals surface area contributed by atoms with Gasteiger partial charge in [-0.25, -0.2) is 6.08 Å². The Hall–Kier alpha value is -1.41. The van der Waals surface area contributed by atoms with Gasteiger partial charge in [0.1, 0.15) is 0 Å². The molecule has 0 unspecified atom stereocenters. The summed E-state index contributed by atoms with van der Waals surface area (Å²) in [6.45, 7) is 3.14. The molecule has 0 aromatic heterocycles. The molecule has 0 bridgehead atoms. The van der Waals surface area contributed by atoms with Gasteiger partial charge >= 0.3 is 6.09 Å². The monoisotopic (exact) mass is 262 g/mol. The van der Waals surface area contributed by atoms with E-state index in [1.807, 2.05) is 0 Å². The maximum Gasteiger partial charge on any atom is 0.320 e. The van der Waals surface area contributed by atoms with Gasteiger partial charge in [0.05, 0.1) is 6.26 Å². The highest BCUT2D eigenvalue weighted by Gasteiger charge is 2.18. The summed E-state index contributed by atoms with van der Waals surface area (Å²) in [6.07, 6.45) is 3.31. The first-order valence-corrected chi connectivity index (χ1v) is 6.55. The third-order valence-electron chi connectivity index (χ3n) is 1.83. The summed E-state index contributed by atoms with van der Waals surface area (Å²) in [5.74, 6) is 0.278. The molecule has 1 rings (SSSR count). The second kappa shape index (κ2) is 4.46. The molecule has 8 heteroatoms. The quantitative estimate of drug-likeness (QED) is 0.560. The average molecular weight is 262 g/mol. The second-order valence-electron chi connectivity index (χ2n) is 4.09. The summed E-state index contributed by atoms with van der Waals surface area (Å²) in [5.41, 5.74) is 2.47. The summed E-state index contributed by atoms with van der Waals surface area (Å²) in [5, 5.41) is 0. The van der Waals surface area contributed by atoms with Crippen LogP contribution in [0.4, 0.5) is 4.79 Å². The van der Waals surface area contributed by atoms with Crippen LogP contribution >= 0.6 is 0 Å². The van der Waals surface area contributed by atoms with Gasteiger partial charge in [-0.05, 0) is 13.8 Å². The van der Waals surface area contributed by atoms with Crippen LogP contribution in [0.5, 0.6) is 0 Å². The van der Waals surface area contributed by atoms with Crippen molar-refractivity contribution >= 4 is 16.2 Å². The van der Waals surface area contributed by atoms with Crippen molar-refractivity contribution in [2.75, 3.05) is 13.3 Å². The number of carbonyl (C=O) groups excluding carboxylic acids is 1. The SMILES string of the molecule is CN1C(=O)O[N-]C1=C[CH-]C(C)(C)OS(C)(=O)=O. The van der Waals surface area contributed by atoms with E-state index < -0.39 is 21.8 Å². The number of hydrogen-bond acceptors (Lipinski definition) is 5. The molecule has 0 radical (unpaired) electrons. The molecule has 1 aliphatic heterocycles. The van der Waals surface area contributed by atoms with Gasteiger partial charge in [-0.15, -0.1) is 0 Å². The van der Waals surface area contributed by atoms with E-state index in [1.54, 1.807) is 13.8 Å². The lowest BCUT2D eigenvalue weighted by molar-refractivity contribution is 0.159. The van der Waals surface area contributed by atoms with E-state index in [9.17, 15) is 13.2 Å². The molecule has 0 aromatic rings. The molecule has 1 fully saturated rings. The molecular formula is C9H14N2O5S-2. The van der Waals surface area contributed by atoms with Crippen LogP contribution in [-0.2, 0) is 19.1 Å². The van der Waals surface area contributed by atoms with Gasteiger partial charge < -0.3 is 15.2 Å². The lowest BCUT2D eigenvalue weighted by Gasteiger charge is -2.31. The highest BCUT2D eigenvalue weighted by Crippen LogP contribution is 2.24. The van der Waals surface area contributed by atoms with Crippen molar-refractivity contribution in [3.05, 3.63) is 23.8 Å². The Morgan fingerprint density at radius 3 is 2.53 bits per heavy atom. The number of rotatable bonds is 4. The van der Waals surface area contributed by atoms with E-state index in [4.69, 9.17) is 4.18 Å². The number of amides is 1. The maximum atomic E-state index is 11.0. The van der Waals surface area contributed by atoms with Gasteiger partial charge in [0, 0.05) is 5.60 Å². The Labute approximate surface area is 100 Å².